The molecule has 6 heteroatoms. The Labute approximate surface area is 103 Å². The van der Waals surface area contributed by atoms with Gasteiger partial charge in [-0.05, 0) is 0 Å². The summed E-state index contributed by atoms with van der Waals surface area (Å²) in [6.45, 7) is 7.29. The van der Waals surface area contributed by atoms with Gasteiger partial charge >= 0.3 is 0 Å². The highest BCUT2D eigenvalue weighted by atomic mass is 32.1. The number of nitrogens with zero attached hydrogens (tertiary/aromatic N) is 3. The highest BCUT2D eigenvalue weighted by molar-refractivity contribution is 7.13. The van der Waals surface area contributed by atoms with Gasteiger partial charge in [-0.1, -0.05) is 32.1 Å². The second-order valence-corrected chi connectivity index (χ2v) is 6.43. The van der Waals surface area contributed by atoms with Crippen molar-refractivity contribution in [3.05, 3.63) is 21.6 Å². The van der Waals surface area contributed by atoms with Gasteiger partial charge in [-0.25, -0.2) is 4.98 Å². The van der Waals surface area contributed by atoms with Crippen LogP contribution in [0.25, 0.3) is 0 Å². The molecule has 0 bridgehead atoms. The molecule has 0 aromatic carbocycles. The first kappa shape index (κ1) is 11.5. The lowest BCUT2D eigenvalue weighted by molar-refractivity contribution is 0.585. The second-order valence-electron chi connectivity index (χ2n) is 4.48. The van der Waals surface area contributed by atoms with Crippen molar-refractivity contribution in [2.45, 2.75) is 32.7 Å². The van der Waals surface area contributed by atoms with Crippen molar-refractivity contribution in [2.75, 3.05) is 5.32 Å². The quantitative estimate of drug-likeness (QED) is 0.915. The molecule has 16 heavy (non-hydrogen) atoms. The van der Waals surface area contributed by atoms with Crippen molar-refractivity contribution in [3.63, 3.8) is 0 Å². The summed E-state index contributed by atoms with van der Waals surface area (Å²) < 4.78 is 0. The van der Waals surface area contributed by atoms with Gasteiger partial charge in [0.15, 0.2) is 0 Å². The van der Waals surface area contributed by atoms with Crippen LogP contribution in [-0.4, -0.2) is 15.2 Å². The highest BCUT2D eigenvalue weighted by Gasteiger charge is 2.17. The summed E-state index contributed by atoms with van der Waals surface area (Å²) in [5, 5.41) is 12.9. The monoisotopic (exact) mass is 254 g/mol. The van der Waals surface area contributed by atoms with Gasteiger partial charge in [0.25, 0.3) is 0 Å². The van der Waals surface area contributed by atoms with E-state index in [1.54, 1.807) is 16.8 Å². The van der Waals surface area contributed by atoms with Crippen LogP contribution in [-0.2, 0) is 12.0 Å². The van der Waals surface area contributed by atoms with E-state index >= 15 is 0 Å². The molecule has 0 aliphatic rings. The standard InChI is InChI=1S/C10H14N4S2/c1-10(2,3)8-11-4-7(16-8)5-12-9-14-13-6-15-9/h4,6H,5H2,1-3H3,(H,12,14). The number of hydrogen-bond acceptors (Lipinski definition) is 6. The Morgan fingerprint density at radius 3 is 2.75 bits per heavy atom. The minimum atomic E-state index is 0.131. The van der Waals surface area contributed by atoms with Crippen molar-refractivity contribution < 1.29 is 0 Å². The number of rotatable bonds is 3. The Bertz CT molecular complexity index is 442. The molecule has 0 fully saturated rings. The average molecular weight is 254 g/mol. The smallest absolute Gasteiger partial charge is 0.205 e. The maximum absolute atomic E-state index is 4.43. The second kappa shape index (κ2) is 4.47. The Balaban J connectivity index is 1.98. The molecular formula is C10H14N4S2. The third kappa shape index (κ3) is 2.76. The van der Waals surface area contributed by atoms with Crippen LogP contribution < -0.4 is 5.32 Å². The number of thiazole rings is 1. The van der Waals surface area contributed by atoms with Gasteiger partial charge in [-0.15, -0.1) is 21.5 Å². The van der Waals surface area contributed by atoms with Crippen molar-refractivity contribution in [3.8, 4) is 0 Å². The Kier molecular flexibility index (Phi) is 3.20. The number of aromatic nitrogens is 3. The zero-order chi connectivity index (χ0) is 11.6. The molecule has 0 atom stereocenters. The summed E-state index contributed by atoms with van der Waals surface area (Å²) in [5.74, 6) is 0. The number of hydrogen-bond donors (Lipinski definition) is 1. The molecule has 0 saturated carbocycles. The predicted molar refractivity (Wildman–Crippen MR) is 68.0 cm³/mol. The minimum Gasteiger partial charge on any atom is -0.355 e. The largest absolute Gasteiger partial charge is 0.355 e. The van der Waals surface area contributed by atoms with Crippen LogP contribution in [0.1, 0.15) is 30.7 Å². The molecule has 2 aromatic rings. The fourth-order valence-corrected chi connectivity index (χ4v) is 2.50. The molecular weight excluding hydrogens is 240 g/mol. The normalized spacial score (nSPS) is 11.7. The third-order valence-corrected chi connectivity index (χ3v) is 4.04. The minimum absolute atomic E-state index is 0.131. The van der Waals surface area contributed by atoms with E-state index < -0.39 is 0 Å². The first-order chi connectivity index (χ1) is 7.55. The maximum atomic E-state index is 4.43. The molecule has 86 valence electrons. The Hall–Kier alpha value is -1.01. The molecule has 2 heterocycles. The van der Waals surface area contributed by atoms with Gasteiger partial charge in [0.05, 0.1) is 11.6 Å². The Morgan fingerprint density at radius 1 is 1.38 bits per heavy atom. The topological polar surface area (TPSA) is 50.7 Å². The van der Waals surface area contributed by atoms with Crippen LogP contribution >= 0.6 is 22.7 Å². The fraction of sp³-hybridized carbons (Fsp3) is 0.500. The molecule has 4 nitrogen and oxygen atoms in total. The third-order valence-electron chi connectivity index (χ3n) is 1.97. The molecule has 0 aliphatic heterocycles. The van der Waals surface area contributed by atoms with E-state index in [-0.39, 0.29) is 5.41 Å². The zero-order valence-corrected chi connectivity index (χ0v) is 11.2. The van der Waals surface area contributed by atoms with Gasteiger partial charge in [0, 0.05) is 16.5 Å². The van der Waals surface area contributed by atoms with Gasteiger partial charge in [0.2, 0.25) is 5.13 Å². The number of nitrogens with one attached hydrogen (secondary N) is 1. The van der Waals surface area contributed by atoms with Crippen LogP contribution in [0, 0.1) is 0 Å². The summed E-state index contributed by atoms with van der Waals surface area (Å²) in [6, 6.07) is 0. The average Bonchev–Trinajstić information content (AvgIpc) is 2.85. The summed E-state index contributed by atoms with van der Waals surface area (Å²) in [6.07, 6.45) is 1.93. The van der Waals surface area contributed by atoms with Gasteiger partial charge in [-0.2, -0.15) is 0 Å². The van der Waals surface area contributed by atoms with E-state index in [4.69, 9.17) is 0 Å². The lowest BCUT2D eigenvalue weighted by Gasteiger charge is -2.13. The molecule has 2 rings (SSSR count). The van der Waals surface area contributed by atoms with Crippen LogP contribution in [0.5, 0.6) is 0 Å². The molecule has 0 radical (unpaired) electrons. The van der Waals surface area contributed by atoms with Crippen molar-refractivity contribution in [2.24, 2.45) is 0 Å². The summed E-state index contributed by atoms with van der Waals surface area (Å²) in [5.41, 5.74) is 1.85. The Morgan fingerprint density at radius 2 is 2.19 bits per heavy atom. The highest BCUT2D eigenvalue weighted by Crippen LogP contribution is 2.27. The molecule has 2 aromatic heterocycles. The molecule has 0 spiro atoms. The van der Waals surface area contributed by atoms with E-state index in [9.17, 15) is 0 Å². The lowest BCUT2D eigenvalue weighted by Crippen LogP contribution is -2.09. The SMILES string of the molecule is CC(C)(C)c1ncc(CNc2nncs2)s1. The zero-order valence-electron chi connectivity index (χ0n) is 9.52. The van der Waals surface area contributed by atoms with E-state index in [1.165, 1.54) is 21.2 Å². The van der Waals surface area contributed by atoms with Crippen LogP contribution in [0.4, 0.5) is 5.13 Å². The maximum Gasteiger partial charge on any atom is 0.205 e. The van der Waals surface area contributed by atoms with Crippen LogP contribution in [0.3, 0.4) is 0 Å². The fourth-order valence-electron chi connectivity index (χ4n) is 1.15. The summed E-state index contributed by atoms with van der Waals surface area (Å²) in [7, 11) is 0. The molecule has 0 amide bonds. The van der Waals surface area contributed by atoms with Crippen molar-refractivity contribution in [1.29, 1.82) is 0 Å². The van der Waals surface area contributed by atoms with E-state index in [0.717, 1.165) is 11.7 Å². The first-order valence-electron chi connectivity index (χ1n) is 5.01. The van der Waals surface area contributed by atoms with Gasteiger partial charge < -0.3 is 5.32 Å². The van der Waals surface area contributed by atoms with E-state index in [2.05, 4.69) is 41.3 Å². The van der Waals surface area contributed by atoms with Gasteiger partial charge in [0.1, 0.15) is 5.51 Å². The molecule has 0 saturated heterocycles. The summed E-state index contributed by atoms with van der Waals surface area (Å²) >= 11 is 3.25. The molecule has 1 N–H and O–H groups in total. The first-order valence-corrected chi connectivity index (χ1v) is 6.70. The van der Waals surface area contributed by atoms with Crippen molar-refractivity contribution >= 4 is 27.8 Å². The van der Waals surface area contributed by atoms with E-state index in [0.29, 0.717) is 0 Å². The lowest BCUT2D eigenvalue weighted by atomic mass is 9.98. The van der Waals surface area contributed by atoms with Crippen molar-refractivity contribution in [1.82, 2.24) is 15.2 Å². The van der Waals surface area contributed by atoms with Crippen LogP contribution in [0.2, 0.25) is 0 Å². The van der Waals surface area contributed by atoms with Gasteiger partial charge in [-0.3, -0.25) is 0 Å². The number of anilines is 1. The van der Waals surface area contributed by atoms with E-state index in [1.807, 2.05) is 6.20 Å². The molecule has 0 aliphatic carbocycles. The summed E-state index contributed by atoms with van der Waals surface area (Å²) in [4.78, 5) is 5.66. The van der Waals surface area contributed by atoms with Crippen LogP contribution in [0.15, 0.2) is 11.7 Å². The molecule has 0 unspecified atom stereocenters. The predicted octanol–water partition coefficient (Wildman–Crippen LogP) is 2.90.